The van der Waals surface area contributed by atoms with Gasteiger partial charge in [-0.1, -0.05) is 0 Å². The van der Waals surface area contributed by atoms with E-state index in [0.29, 0.717) is 30.4 Å². The number of carbonyl (C=O) groups is 2. The molecule has 8 nitrogen and oxygen atoms in total. The van der Waals surface area contributed by atoms with E-state index in [1.54, 1.807) is 6.92 Å². The van der Waals surface area contributed by atoms with E-state index in [-0.39, 0.29) is 30.0 Å². The predicted octanol–water partition coefficient (Wildman–Crippen LogP) is 3.34. The van der Waals surface area contributed by atoms with E-state index < -0.39 is 0 Å². The van der Waals surface area contributed by atoms with Crippen molar-refractivity contribution in [1.82, 2.24) is 14.9 Å². The highest BCUT2D eigenvalue weighted by Gasteiger charge is 2.34. The molecule has 4 rings (SSSR count). The first-order valence-corrected chi connectivity index (χ1v) is 12.2. The lowest BCUT2D eigenvalue weighted by atomic mass is 9.94. The first kappa shape index (κ1) is 22.9. The van der Waals surface area contributed by atoms with Crippen molar-refractivity contribution >= 4 is 39.2 Å². The Morgan fingerprint density at radius 3 is 2.41 bits per heavy atom. The van der Waals surface area contributed by atoms with Crippen LogP contribution in [-0.4, -0.2) is 71.7 Å². The fourth-order valence-corrected chi connectivity index (χ4v) is 5.91. The van der Waals surface area contributed by atoms with Gasteiger partial charge in [0.1, 0.15) is 21.3 Å². The number of fused-ring (bicyclic) bond motifs is 1. The lowest BCUT2D eigenvalue weighted by Crippen LogP contribution is -2.51. The molecule has 9 heteroatoms. The van der Waals surface area contributed by atoms with Crippen LogP contribution in [0.4, 0.5) is 5.82 Å². The van der Waals surface area contributed by atoms with Gasteiger partial charge in [0, 0.05) is 32.1 Å². The smallest absolute Gasteiger partial charge is 0.348 e. The molecule has 1 amide bonds. The normalized spacial score (nSPS) is 22.4. The van der Waals surface area contributed by atoms with Gasteiger partial charge in [0.05, 0.1) is 24.2 Å². The predicted molar refractivity (Wildman–Crippen MR) is 124 cm³/mol. The Morgan fingerprint density at radius 2 is 1.78 bits per heavy atom. The highest BCUT2D eigenvalue weighted by molar-refractivity contribution is 7.20. The van der Waals surface area contributed by atoms with Crippen LogP contribution in [0.2, 0.25) is 0 Å². The number of ether oxygens (including phenoxy) is 2. The first-order valence-electron chi connectivity index (χ1n) is 11.4. The van der Waals surface area contributed by atoms with Crippen molar-refractivity contribution in [3.63, 3.8) is 0 Å². The number of anilines is 1. The van der Waals surface area contributed by atoms with Crippen molar-refractivity contribution < 1.29 is 19.1 Å². The fraction of sp³-hybridized carbons (Fsp3) is 0.652. The molecule has 2 aromatic heterocycles. The zero-order chi connectivity index (χ0) is 23.0. The number of thiophene rings is 1. The van der Waals surface area contributed by atoms with Crippen molar-refractivity contribution in [3.05, 3.63) is 16.3 Å². The minimum Gasteiger partial charge on any atom is -0.462 e. The molecule has 2 aliphatic rings. The molecule has 0 radical (unpaired) electrons. The second-order valence-electron chi connectivity index (χ2n) is 8.81. The van der Waals surface area contributed by atoms with Crippen molar-refractivity contribution in [3.8, 4) is 0 Å². The van der Waals surface area contributed by atoms with Gasteiger partial charge in [-0.2, -0.15) is 0 Å². The molecule has 0 aromatic carbocycles. The minimum atomic E-state index is -0.310. The largest absolute Gasteiger partial charge is 0.462 e. The number of morpholine rings is 1. The zero-order valence-corrected chi connectivity index (χ0v) is 20.3. The summed E-state index contributed by atoms with van der Waals surface area (Å²) in [4.78, 5) is 40.4. The summed E-state index contributed by atoms with van der Waals surface area (Å²) >= 11 is 1.36. The van der Waals surface area contributed by atoms with Crippen molar-refractivity contribution in [2.75, 3.05) is 37.7 Å². The van der Waals surface area contributed by atoms with Gasteiger partial charge in [-0.25, -0.2) is 14.8 Å². The number of hydrogen-bond donors (Lipinski definition) is 0. The molecule has 0 spiro atoms. The highest BCUT2D eigenvalue weighted by Crippen LogP contribution is 2.37. The summed E-state index contributed by atoms with van der Waals surface area (Å²) in [6, 6.07) is 0. The van der Waals surface area contributed by atoms with Gasteiger partial charge in [0.25, 0.3) is 0 Å². The summed E-state index contributed by atoms with van der Waals surface area (Å²) < 4.78 is 11.0. The van der Waals surface area contributed by atoms with Crippen LogP contribution in [0, 0.1) is 19.8 Å². The topological polar surface area (TPSA) is 84.9 Å². The summed E-state index contributed by atoms with van der Waals surface area (Å²) in [7, 11) is 0. The minimum absolute atomic E-state index is 0.0286. The number of nitrogens with zero attached hydrogens (tertiary/aromatic N) is 4. The summed E-state index contributed by atoms with van der Waals surface area (Å²) in [5.74, 6) is 1.50. The van der Waals surface area contributed by atoms with Gasteiger partial charge in [-0.3, -0.25) is 4.79 Å². The molecule has 0 bridgehead atoms. The molecule has 2 aromatic rings. The number of esters is 1. The molecule has 2 atom stereocenters. The van der Waals surface area contributed by atoms with Gasteiger partial charge >= 0.3 is 5.97 Å². The Morgan fingerprint density at radius 1 is 1.12 bits per heavy atom. The summed E-state index contributed by atoms with van der Waals surface area (Å²) in [6.07, 6.45) is 1.74. The number of rotatable bonds is 4. The van der Waals surface area contributed by atoms with Crippen LogP contribution >= 0.6 is 11.3 Å². The van der Waals surface area contributed by atoms with E-state index in [0.717, 1.165) is 47.5 Å². The monoisotopic (exact) mass is 460 g/mol. The summed E-state index contributed by atoms with van der Waals surface area (Å²) in [6.45, 7) is 12.8. The molecule has 0 aliphatic carbocycles. The van der Waals surface area contributed by atoms with E-state index in [4.69, 9.17) is 14.5 Å². The van der Waals surface area contributed by atoms with Crippen LogP contribution in [0.1, 0.15) is 54.7 Å². The molecule has 2 saturated heterocycles. The molecule has 2 fully saturated rings. The van der Waals surface area contributed by atoms with E-state index in [1.807, 2.05) is 32.6 Å². The maximum atomic E-state index is 13.1. The standard InChI is InChI=1S/C23H32N4O4S/c1-6-30-23(29)19-15(4)18-20(24-16(5)25-21(18)32-19)26-9-7-17(8-10-26)22(28)27-11-13(2)31-14(3)12-27/h13-14,17H,6-12H2,1-5H3/t13-,14+. The Hall–Kier alpha value is -2.26. The SMILES string of the molecule is CCOC(=O)c1sc2nc(C)nc(N3CCC(C(=O)N4C[C@@H](C)O[C@@H](C)C4)CC3)c2c1C. The molecule has 32 heavy (non-hydrogen) atoms. The average Bonchev–Trinajstić information content (AvgIpc) is 3.08. The Bertz CT molecular complexity index is 1010. The zero-order valence-electron chi connectivity index (χ0n) is 19.5. The lowest BCUT2D eigenvalue weighted by molar-refractivity contribution is -0.148. The second kappa shape index (κ2) is 9.31. The summed E-state index contributed by atoms with van der Waals surface area (Å²) in [5, 5.41) is 0.921. The van der Waals surface area contributed by atoms with Gasteiger partial charge in [-0.15, -0.1) is 11.3 Å². The van der Waals surface area contributed by atoms with Gasteiger partial charge in [0.2, 0.25) is 5.91 Å². The molecule has 0 saturated carbocycles. The molecule has 174 valence electrons. The number of aromatic nitrogens is 2. The maximum absolute atomic E-state index is 13.1. The first-order chi connectivity index (χ1) is 15.3. The van der Waals surface area contributed by atoms with Crippen molar-refractivity contribution in [1.29, 1.82) is 0 Å². The number of hydrogen-bond acceptors (Lipinski definition) is 8. The maximum Gasteiger partial charge on any atom is 0.348 e. The molecule has 0 unspecified atom stereocenters. The highest BCUT2D eigenvalue weighted by atomic mass is 32.1. The second-order valence-corrected chi connectivity index (χ2v) is 9.81. The van der Waals surface area contributed by atoms with Crippen molar-refractivity contribution in [2.24, 2.45) is 5.92 Å². The van der Waals surface area contributed by atoms with Crippen LogP contribution in [0.15, 0.2) is 0 Å². The average molecular weight is 461 g/mol. The molecular weight excluding hydrogens is 428 g/mol. The van der Waals surface area contributed by atoms with Crippen LogP contribution in [0.3, 0.4) is 0 Å². The molecule has 2 aliphatic heterocycles. The molecule has 0 N–H and O–H groups in total. The fourth-order valence-electron chi connectivity index (χ4n) is 4.80. The van der Waals surface area contributed by atoms with Crippen LogP contribution < -0.4 is 4.90 Å². The van der Waals surface area contributed by atoms with Crippen molar-refractivity contribution in [2.45, 2.75) is 59.7 Å². The van der Waals surface area contributed by atoms with Gasteiger partial charge in [0.15, 0.2) is 0 Å². The van der Waals surface area contributed by atoms with E-state index in [1.165, 1.54) is 11.3 Å². The van der Waals surface area contributed by atoms with E-state index in [2.05, 4.69) is 9.88 Å². The van der Waals surface area contributed by atoms with Crippen LogP contribution in [0.25, 0.3) is 10.2 Å². The van der Waals surface area contributed by atoms with E-state index in [9.17, 15) is 9.59 Å². The summed E-state index contributed by atoms with van der Waals surface area (Å²) in [5.41, 5.74) is 0.868. The van der Waals surface area contributed by atoms with Gasteiger partial charge in [-0.05, 0) is 53.0 Å². The number of carbonyl (C=O) groups excluding carboxylic acids is 2. The Kier molecular flexibility index (Phi) is 6.67. The number of aryl methyl sites for hydroxylation is 2. The third kappa shape index (κ3) is 4.45. The molecular formula is C23H32N4O4S. The van der Waals surface area contributed by atoms with Crippen LogP contribution in [0.5, 0.6) is 0 Å². The Labute approximate surface area is 192 Å². The third-order valence-corrected chi connectivity index (χ3v) is 7.38. The quantitative estimate of drug-likeness (QED) is 0.647. The van der Waals surface area contributed by atoms with Crippen LogP contribution in [-0.2, 0) is 14.3 Å². The van der Waals surface area contributed by atoms with Gasteiger partial charge < -0.3 is 19.3 Å². The Balaban J connectivity index is 1.52. The lowest BCUT2D eigenvalue weighted by Gasteiger charge is -2.39. The number of piperidine rings is 1. The molecule has 4 heterocycles. The third-order valence-electron chi connectivity index (χ3n) is 6.22. The van der Waals surface area contributed by atoms with E-state index >= 15 is 0 Å². The number of amides is 1.